The second-order valence-corrected chi connectivity index (χ2v) is 7.85. The summed E-state index contributed by atoms with van der Waals surface area (Å²) < 4.78 is 5.10. The molecule has 2 amide bonds. The molecule has 2 aromatic carbocycles. The van der Waals surface area contributed by atoms with Crippen molar-refractivity contribution >= 4 is 46.8 Å². The fourth-order valence-corrected chi connectivity index (χ4v) is 3.74. The minimum absolute atomic E-state index is 0.0904. The molecule has 1 atom stereocenters. The molecule has 0 fully saturated rings. The quantitative estimate of drug-likeness (QED) is 0.721. The minimum Gasteiger partial charge on any atom is -0.452 e. The number of hydrogen-bond acceptors (Lipinski definition) is 5. The van der Waals surface area contributed by atoms with Crippen LogP contribution in [-0.4, -0.2) is 30.1 Å². The van der Waals surface area contributed by atoms with Crippen LogP contribution in [0.3, 0.4) is 0 Å². The summed E-state index contributed by atoms with van der Waals surface area (Å²) in [7, 11) is 0. The van der Waals surface area contributed by atoms with Crippen molar-refractivity contribution in [3.63, 3.8) is 0 Å². The molecule has 6 nitrogen and oxygen atoms in total. The van der Waals surface area contributed by atoms with E-state index >= 15 is 0 Å². The summed E-state index contributed by atoms with van der Waals surface area (Å²) in [4.78, 5) is 36.9. The van der Waals surface area contributed by atoms with E-state index in [9.17, 15) is 14.4 Å². The summed E-state index contributed by atoms with van der Waals surface area (Å²) in [5.74, 6) is -0.434. The predicted molar refractivity (Wildman–Crippen MR) is 109 cm³/mol. The Hall–Kier alpha value is -2.51. The second-order valence-electron chi connectivity index (χ2n) is 6.27. The molecule has 0 unspecified atom stereocenters. The Balaban J connectivity index is 1.55. The first-order valence-electron chi connectivity index (χ1n) is 8.71. The summed E-state index contributed by atoms with van der Waals surface area (Å²) >= 11 is 7.41. The predicted octanol–water partition coefficient (Wildman–Crippen LogP) is 3.81. The van der Waals surface area contributed by atoms with E-state index in [0.717, 1.165) is 10.5 Å². The molecule has 0 spiro atoms. The number of hydrogen-bond donors (Lipinski definition) is 2. The maximum absolute atomic E-state index is 12.3. The molecule has 0 aliphatic carbocycles. The number of fused-ring (bicyclic) bond motifs is 1. The van der Waals surface area contributed by atoms with Crippen LogP contribution in [0.5, 0.6) is 0 Å². The smallest absolute Gasteiger partial charge is 0.338 e. The summed E-state index contributed by atoms with van der Waals surface area (Å²) in [6.07, 6.45) is 0.422. The Bertz CT molecular complexity index is 902. The molecule has 0 aromatic heterocycles. The molecular formula is C20H19ClN2O4S. The maximum atomic E-state index is 12.3. The van der Waals surface area contributed by atoms with Crippen LogP contribution in [0, 0.1) is 0 Å². The molecule has 0 radical (unpaired) electrons. The third-order valence-corrected chi connectivity index (χ3v) is 5.49. The monoisotopic (exact) mass is 418 g/mol. The normalized spacial score (nSPS) is 14.3. The lowest BCUT2D eigenvalue weighted by atomic mass is 10.1. The molecular weight excluding hydrogens is 400 g/mol. The molecule has 1 heterocycles. The second kappa shape index (κ2) is 9.12. The van der Waals surface area contributed by atoms with E-state index in [1.807, 2.05) is 19.1 Å². The van der Waals surface area contributed by atoms with Crippen LogP contribution in [0.25, 0.3) is 0 Å². The third kappa shape index (κ3) is 5.27. The summed E-state index contributed by atoms with van der Waals surface area (Å²) in [6, 6.07) is 11.8. The van der Waals surface area contributed by atoms with E-state index in [1.54, 1.807) is 42.1 Å². The van der Waals surface area contributed by atoms with Crippen molar-refractivity contribution in [2.45, 2.75) is 24.3 Å². The van der Waals surface area contributed by atoms with Gasteiger partial charge in [-0.3, -0.25) is 9.59 Å². The summed E-state index contributed by atoms with van der Waals surface area (Å²) in [6.45, 7) is 1.44. The Morgan fingerprint density at radius 2 is 2.00 bits per heavy atom. The van der Waals surface area contributed by atoms with Gasteiger partial charge in [-0.15, -0.1) is 11.8 Å². The average Bonchev–Trinajstić information content (AvgIpc) is 2.86. The largest absolute Gasteiger partial charge is 0.452 e. The van der Waals surface area contributed by atoms with Gasteiger partial charge in [0.25, 0.3) is 5.91 Å². The number of benzene rings is 2. The van der Waals surface area contributed by atoms with Gasteiger partial charge < -0.3 is 15.4 Å². The fraction of sp³-hybridized carbons (Fsp3) is 0.250. The fourth-order valence-electron chi connectivity index (χ4n) is 2.68. The van der Waals surface area contributed by atoms with Gasteiger partial charge in [0.05, 0.1) is 17.3 Å². The van der Waals surface area contributed by atoms with Crippen molar-refractivity contribution in [1.29, 1.82) is 0 Å². The zero-order chi connectivity index (χ0) is 20.1. The molecule has 146 valence electrons. The molecule has 1 aliphatic heterocycles. The first-order chi connectivity index (χ1) is 13.4. The zero-order valence-electron chi connectivity index (χ0n) is 15.2. The lowest BCUT2D eigenvalue weighted by Crippen LogP contribution is -2.31. The van der Waals surface area contributed by atoms with Crippen LogP contribution in [0.15, 0.2) is 47.4 Å². The lowest BCUT2D eigenvalue weighted by molar-refractivity contribution is -0.124. The van der Waals surface area contributed by atoms with Crippen molar-refractivity contribution in [2.24, 2.45) is 0 Å². The van der Waals surface area contributed by atoms with Crippen LogP contribution < -0.4 is 10.6 Å². The number of carbonyl (C=O) groups excluding carboxylic acids is 3. The number of esters is 1. The molecule has 8 heteroatoms. The van der Waals surface area contributed by atoms with Crippen LogP contribution >= 0.6 is 23.4 Å². The van der Waals surface area contributed by atoms with E-state index in [-0.39, 0.29) is 17.5 Å². The molecule has 0 saturated carbocycles. The number of amides is 2. The SMILES string of the molecule is C[C@@H](NC(=O)COC(=O)c1ccc2c(c1)NC(=O)CCS2)c1ccc(Cl)cc1. The minimum atomic E-state index is -0.624. The zero-order valence-corrected chi connectivity index (χ0v) is 16.7. The highest BCUT2D eigenvalue weighted by atomic mass is 35.5. The first kappa shape index (κ1) is 20.2. The number of carbonyl (C=O) groups is 3. The van der Waals surface area contributed by atoms with Gasteiger partial charge in [-0.2, -0.15) is 0 Å². The topological polar surface area (TPSA) is 84.5 Å². The molecule has 0 saturated heterocycles. The highest BCUT2D eigenvalue weighted by Gasteiger charge is 2.17. The van der Waals surface area contributed by atoms with E-state index in [1.165, 1.54) is 0 Å². The molecule has 28 heavy (non-hydrogen) atoms. The van der Waals surface area contributed by atoms with Gasteiger partial charge in [-0.05, 0) is 42.8 Å². The molecule has 0 bridgehead atoms. The molecule has 2 aromatic rings. The van der Waals surface area contributed by atoms with E-state index in [2.05, 4.69) is 10.6 Å². The van der Waals surface area contributed by atoms with Crippen molar-refractivity contribution < 1.29 is 19.1 Å². The number of ether oxygens (including phenoxy) is 1. The van der Waals surface area contributed by atoms with Gasteiger partial charge in [0, 0.05) is 22.1 Å². The van der Waals surface area contributed by atoms with Gasteiger partial charge >= 0.3 is 5.97 Å². The standard InChI is InChI=1S/C20H19ClN2O4S/c1-12(13-2-5-15(21)6-3-13)22-19(25)11-27-20(26)14-4-7-17-16(10-14)23-18(24)8-9-28-17/h2-7,10,12H,8-9,11H2,1H3,(H,22,25)(H,23,24)/t12-/m1/s1. The number of nitrogens with one attached hydrogen (secondary N) is 2. The highest BCUT2D eigenvalue weighted by Crippen LogP contribution is 2.31. The van der Waals surface area contributed by atoms with Crippen LogP contribution in [0.2, 0.25) is 5.02 Å². The van der Waals surface area contributed by atoms with Crippen LogP contribution in [0.4, 0.5) is 5.69 Å². The van der Waals surface area contributed by atoms with Crippen molar-refractivity contribution in [1.82, 2.24) is 5.32 Å². The van der Waals surface area contributed by atoms with Gasteiger partial charge in [-0.25, -0.2) is 4.79 Å². The Morgan fingerprint density at radius 3 is 2.75 bits per heavy atom. The first-order valence-corrected chi connectivity index (χ1v) is 10.1. The van der Waals surface area contributed by atoms with Crippen LogP contribution in [-0.2, 0) is 14.3 Å². The molecule has 2 N–H and O–H groups in total. The van der Waals surface area contributed by atoms with Gasteiger partial charge in [0.2, 0.25) is 5.91 Å². The van der Waals surface area contributed by atoms with Gasteiger partial charge in [0.15, 0.2) is 6.61 Å². The lowest BCUT2D eigenvalue weighted by Gasteiger charge is -2.14. The number of thioether (sulfide) groups is 1. The van der Waals surface area contributed by atoms with Crippen LogP contribution in [0.1, 0.15) is 35.3 Å². The molecule has 3 rings (SSSR count). The van der Waals surface area contributed by atoms with E-state index < -0.39 is 18.5 Å². The average molecular weight is 419 g/mol. The maximum Gasteiger partial charge on any atom is 0.338 e. The number of halogens is 1. The van der Waals surface area contributed by atoms with E-state index in [0.29, 0.717) is 22.9 Å². The van der Waals surface area contributed by atoms with Gasteiger partial charge in [-0.1, -0.05) is 23.7 Å². The Morgan fingerprint density at radius 1 is 1.25 bits per heavy atom. The highest BCUT2D eigenvalue weighted by molar-refractivity contribution is 7.99. The third-order valence-electron chi connectivity index (χ3n) is 4.16. The van der Waals surface area contributed by atoms with Crippen molar-refractivity contribution in [3.8, 4) is 0 Å². The van der Waals surface area contributed by atoms with Gasteiger partial charge in [0.1, 0.15) is 0 Å². The van der Waals surface area contributed by atoms with Crippen molar-refractivity contribution in [2.75, 3.05) is 17.7 Å². The van der Waals surface area contributed by atoms with E-state index in [4.69, 9.17) is 16.3 Å². The summed E-state index contributed by atoms with van der Waals surface area (Å²) in [5.41, 5.74) is 1.76. The Kier molecular flexibility index (Phi) is 6.59. The Labute approximate surface area is 172 Å². The van der Waals surface area contributed by atoms with Crippen molar-refractivity contribution in [3.05, 3.63) is 58.6 Å². The summed E-state index contributed by atoms with van der Waals surface area (Å²) in [5, 5.41) is 6.16. The number of rotatable bonds is 5. The number of anilines is 1. The molecule has 1 aliphatic rings.